The van der Waals surface area contributed by atoms with Gasteiger partial charge in [0, 0.05) is 40.0 Å². The van der Waals surface area contributed by atoms with E-state index in [0.29, 0.717) is 11.3 Å². The number of halogens is 1. The molecule has 0 radical (unpaired) electrons. The predicted octanol–water partition coefficient (Wildman–Crippen LogP) is 7.80. The molecule has 0 bridgehead atoms. The number of amides is 1. The maximum absolute atomic E-state index is 14.1. The van der Waals surface area contributed by atoms with Gasteiger partial charge in [0.25, 0.3) is 0 Å². The first-order valence-corrected chi connectivity index (χ1v) is 13.9. The number of aromatic hydroxyl groups is 1. The van der Waals surface area contributed by atoms with Gasteiger partial charge in [0.2, 0.25) is 5.91 Å². The Labute approximate surface area is 235 Å². The zero-order chi connectivity index (χ0) is 27.9. The lowest BCUT2D eigenvalue weighted by Gasteiger charge is -2.20. The molecule has 1 aliphatic rings. The van der Waals surface area contributed by atoms with Crippen LogP contribution in [0.3, 0.4) is 0 Å². The van der Waals surface area contributed by atoms with Crippen LogP contribution in [0.15, 0.2) is 79.1 Å². The van der Waals surface area contributed by atoms with Gasteiger partial charge in [-0.25, -0.2) is 4.39 Å². The average molecular weight is 546 g/mol. The van der Waals surface area contributed by atoms with Crippen molar-refractivity contribution >= 4 is 33.4 Å². The summed E-state index contributed by atoms with van der Waals surface area (Å²) in [6.45, 7) is 0. The summed E-state index contributed by atoms with van der Waals surface area (Å²) in [5, 5.41) is 22.6. The van der Waals surface area contributed by atoms with Crippen LogP contribution < -0.4 is 5.32 Å². The van der Waals surface area contributed by atoms with E-state index in [1.165, 1.54) is 12.5 Å². The van der Waals surface area contributed by atoms with Crippen molar-refractivity contribution in [3.63, 3.8) is 0 Å². The molecule has 0 unspecified atom stereocenters. The number of nitrogens with one attached hydrogen (secondary N) is 3. The van der Waals surface area contributed by atoms with Gasteiger partial charge in [-0.1, -0.05) is 37.5 Å². The Bertz CT molecular complexity index is 1900. The molecule has 1 fully saturated rings. The molecule has 7 nitrogen and oxygen atoms in total. The minimum atomic E-state index is -0.495. The second-order valence-corrected chi connectivity index (χ2v) is 10.8. The summed E-state index contributed by atoms with van der Waals surface area (Å²) in [5.41, 5.74) is 7.25. The highest BCUT2D eigenvalue weighted by molar-refractivity contribution is 6.02. The molecule has 0 aliphatic heterocycles. The van der Waals surface area contributed by atoms with Crippen molar-refractivity contribution in [1.29, 1.82) is 0 Å². The number of nitrogens with zero attached hydrogens (tertiary/aromatic N) is 2. The van der Waals surface area contributed by atoms with E-state index in [-0.39, 0.29) is 17.6 Å². The molecule has 0 atom stereocenters. The molecule has 3 aromatic carbocycles. The van der Waals surface area contributed by atoms with E-state index < -0.39 is 5.82 Å². The minimum absolute atomic E-state index is 0.0701. The molecule has 1 saturated carbocycles. The monoisotopic (exact) mass is 545 g/mol. The van der Waals surface area contributed by atoms with Gasteiger partial charge in [0.1, 0.15) is 17.3 Å². The molecule has 6 aromatic rings. The Morgan fingerprint density at radius 3 is 2.61 bits per heavy atom. The van der Waals surface area contributed by atoms with E-state index in [0.717, 1.165) is 81.6 Å². The molecule has 3 aromatic heterocycles. The molecular weight excluding hydrogens is 517 g/mol. The number of aromatic amines is 2. The molecule has 3 heterocycles. The third-order valence-electron chi connectivity index (χ3n) is 7.99. The number of carbonyl (C=O) groups is 1. The summed E-state index contributed by atoms with van der Waals surface area (Å²) >= 11 is 0. The SMILES string of the molecule is O=C(Nc1cncc(-c2ccc3[nH]nc(-c4cc5c(-c6cc(O)cc(F)c6)cccc5[nH]4)c3c2)c1)C1CCCCC1. The van der Waals surface area contributed by atoms with Crippen LogP contribution in [-0.2, 0) is 4.79 Å². The number of benzene rings is 3. The topological polar surface area (TPSA) is 107 Å². The predicted molar refractivity (Wildman–Crippen MR) is 159 cm³/mol. The number of phenols is 1. The van der Waals surface area contributed by atoms with Crippen molar-refractivity contribution in [3.05, 3.63) is 84.9 Å². The number of anilines is 1. The van der Waals surface area contributed by atoms with Gasteiger partial charge >= 0.3 is 0 Å². The van der Waals surface area contributed by atoms with Crippen LogP contribution in [0.25, 0.3) is 55.4 Å². The van der Waals surface area contributed by atoms with Gasteiger partial charge in [-0.15, -0.1) is 0 Å². The molecule has 204 valence electrons. The number of hydrogen-bond donors (Lipinski definition) is 4. The summed E-state index contributed by atoms with van der Waals surface area (Å²) in [6, 6.07) is 19.8. The largest absolute Gasteiger partial charge is 0.508 e. The van der Waals surface area contributed by atoms with Crippen molar-refractivity contribution in [1.82, 2.24) is 20.2 Å². The van der Waals surface area contributed by atoms with E-state index in [9.17, 15) is 14.3 Å². The van der Waals surface area contributed by atoms with E-state index in [4.69, 9.17) is 0 Å². The van der Waals surface area contributed by atoms with Gasteiger partial charge in [-0.3, -0.25) is 14.9 Å². The van der Waals surface area contributed by atoms with E-state index in [1.807, 2.05) is 42.5 Å². The van der Waals surface area contributed by atoms with E-state index >= 15 is 0 Å². The molecule has 0 spiro atoms. The number of H-pyrrole nitrogens is 2. The van der Waals surface area contributed by atoms with Crippen LogP contribution in [0.2, 0.25) is 0 Å². The van der Waals surface area contributed by atoms with Gasteiger partial charge in [0.15, 0.2) is 0 Å². The first-order valence-electron chi connectivity index (χ1n) is 13.9. The molecular formula is C33H28FN5O2. The number of hydrogen-bond acceptors (Lipinski definition) is 4. The molecule has 1 amide bonds. The van der Waals surface area contributed by atoms with Crippen LogP contribution >= 0.6 is 0 Å². The Hall–Kier alpha value is -4.98. The number of rotatable bonds is 5. The third kappa shape index (κ3) is 4.82. The van der Waals surface area contributed by atoms with Gasteiger partial charge in [-0.05, 0) is 72.0 Å². The maximum Gasteiger partial charge on any atom is 0.227 e. The third-order valence-corrected chi connectivity index (χ3v) is 7.99. The van der Waals surface area contributed by atoms with E-state index in [1.54, 1.807) is 18.5 Å². The van der Waals surface area contributed by atoms with Crippen molar-refractivity contribution in [2.45, 2.75) is 32.1 Å². The van der Waals surface area contributed by atoms with Crippen LogP contribution in [0, 0.1) is 11.7 Å². The number of aromatic nitrogens is 4. The first-order chi connectivity index (χ1) is 20.0. The smallest absolute Gasteiger partial charge is 0.227 e. The zero-order valence-electron chi connectivity index (χ0n) is 22.2. The van der Waals surface area contributed by atoms with Gasteiger partial charge in [-0.2, -0.15) is 5.10 Å². The standard InChI is InChI=1S/C33H28FN5O2/c34-23-11-21(13-25(40)15-23)26-7-4-8-29-27(26)16-31(37-29)32-28-14-20(9-10-30(28)38-39-32)22-12-24(18-35-17-22)36-33(41)19-5-2-1-3-6-19/h4,7-19,37,40H,1-3,5-6H2,(H,36,41)(H,38,39). The summed E-state index contributed by atoms with van der Waals surface area (Å²) in [5.74, 6) is -0.472. The van der Waals surface area contributed by atoms with Crippen LogP contribution in [0.4, 0.5) is 10.1 Å². The highest BCUT2D eigenvalue weighted by Crippen LogP contribution is 2.36. The summed E-state index contributed by atoms with van der Waals surface area (Å²) in [7, 11) is 0. The lowest BCUT2D eigenvalue weighted by molar-refractivity contribution is -0.120. The molecule has 1 aliphatic carbocycles. The van der Waals surface area contributed by atoms with Crippen LogP contribution in [-0.4, -0.2) is 31.2 Å². The number of fused-ring (bicyclic) bond motifs is 2. The van der Waals surface area contributed by atoms with Crippen molar-refractivity contribution < 1.29 is 14.3 Å². The molecule has 4 N–H and O–H groups in total. The number of pyridine rings is 1. The fourth-order valence-electron chi connectivity index (χ4n) is 5.94. The van der Waals surface area contributed by atoms with Crippen molar-refractivity contribution in [2.75, 3.05) is 5.32 Å². The molecule has 7 rings (SSSR count). The quantitative estimate of drug-likeness (QED) is 0.177. The molecule has 8 heteroatoms. The number of carbonyl (C=O) groups excluding carboxylic acids is 1. The lowest BCUT2D eigenvalue weighted by Crippen LogP contribution is -2.24. The summed E-state index contributed by atoms with van der Waals surface area (Å²) in [4.78, 5) is 20.6. The minimum Gasteiger partial charge on any atom is -0.508 e. The Kier molecular flexibility index (Phi) is 6.23. The lowest BCUT2D eigenvalue weighted by atomic mass is 9.88. The second-order valence-electron chi connectivity index (χ2n) is 10.8. The highest BCUT2D eigenvalue weighted by Gasteiger charge is 2.21. The average Bonchev–Trinajstić information content (AvgIpc) is 3.61. The summed E-state index contributed by atoms with van der Waals surface area (Å²) in [6.07, 6.45) is 8.78. The van der Waals surface area contributed by atoms with Crippen LogP contribution in [0.1, 0.15) is 32.1 Å². The molecule has 41 heavy (non-hydrogen) atoms. The first kappa shape index (κ1) is 25.0. The Morgan fingerprint density at radius 2 is 1.76 bits per heavy atom. The van der Waals surface area contributed by atoms with Gasteiger partial charge < -0.3 is 15.4 Å². The van der Waals surface area contributed by atoms with Gasteiger partial charge in [0.05, 0.1) is 23.1 Å². The summed E-state index contributed by atoms with van der Waals surface area (Å²) < 4.78 is 14.1. The molecule has 0 saturated heterocycles. The second kappa shape index (κ2) is 10.2. The van der Waals surface area contributed by atoms with Crippen LogP contribution in [0.5, 0.6) is 5.75 Å². The van der Waals surface area contributed by atoms with Crippen molar-refractivity contribution in [3.8, 4) is 39.4 Å². The fraction of sp³-hybridized carbons (Fsp3) is 0.182. The normalized spacial score (nSPS) is 14.1. The van der Waals surface area contributed by atoms with Crippen molar-refractivity contribution in [2.24, 2.45) is 5.92 Å². The number of phenolic OH excluding ortho intramolecular Hbond substituents is 1. The highest BCUT2D eigenvalue weighted by atomic mass is 19.1. The zero-order valence-corrected chi connectivity index (χ0v) is 22.2. The fourth-order valence-corrected chi connectivity index (χ4v) is 5.94. The van der Waals surface area contributed by atoms with E-state index in [2.05, 4.69) is 31.5 Å². The Morgan fingerprint density at radius 1 is 0.878 bits per heavy atom. The maximum atomic E-state index is 14.1. The Balaban J connectivity index is 1.23.